The summed E-state index contributed by atoms with van der Waals surface area (Å²) in [5.41, 5.74) is 3.79. The minimum atomic E-state index is 0.0419. The Kier molecular flexibility index (Phi) is 4.33. The van der Waals surface area contributed by atoms with Crippen LogP contribution in [0.3, 0.4) is 0 Å². The summed E-state index contributed by atoms with van der Waals surface area (Å²) in [6.07, 6.45) is 8.14. The molecule has 1 N–H and O–H groups in total. The van der Waals surface area contributed by atoms with Gasteiger partial charge in [0.15, 0.2) is 11.5 Å². The van der Waals surface area contributed by atoms with E-state index in [2.05, 4.69) is 34.3 Å². The van der Waals surface area contributed by atoms with Gasteiger partial charge in [0.2, 0.25) is 0 Å². The second-order valence-corrected chi connectivity index (χ2v) is 8.94. The van der Waals surface area contributed by atoms with Crippen molar-refractivity contribution in [3.8, 4) is 0 Å². The largest absolute Gasteiger partial charge is 0.441 e. The molecule has 2 unspecified atom stereocenters. The van der Waals surface area contributed by atoms with Crippen LogP contribution >= 0.6 is 8.58 Å². The Labute approximate surface area is 165 Å². The van der Waals surface area contributed by atoms with Crippen molar-refractivity contribution in [3.05, 3.63) is 59.8 Å². The number of carbonyl (C=O) groups excluding carboxylic acids is 1. The van der Waals surface area contributed by atoms with Gasteiger partial charge in [-0.1, -0.05) is 20.7 Å². The maximum absolute atomic E-state index is 12.9. The fourth-order valence-corrected chi connectivity index (χ4v) is 5.38. The van der Waals surface area contributed by atoms with Gasteiger partial charge in [0.25, 0.3) is 5.91 Å². The van der Waals surface area contributed by atoms with Gasteiger partial charge in [-0.2, -0.15) is 0 Å². The molecule has 0 spiro atoms. The van der Waals surface area contributed by atoms with Gasteiger partial charge >= 0.3 is 0 Å². The number of aryl methyl sites for hydroxylation is 1. The highest BCUT2D eigenvalue weighted by Gasteiger charge is 2.30. The standard InChI is InChI=1S/C21H23N4O2P/c1-13-11-24(8-7-22-13)16-4-6-21-25(12-16)20(26)10-19(28-21)15-3-5-18-17(9-15)23-14(2)27-18/h3-6,9-10,12-13,21-22,28H,7-8,11H2,1-2H3/t13-,21?/m0/s1. The summed E-state index contributed by atoms with van der Waals surface area (Å²) < 4.78 is 5.56. The number of oxazole rings is 1. The fraction of sp³-hybridized carbons (Fsp3) is 0.333. The number of benzene rings is 1. The normalized spacial score (nSPS) is 25.9. The summed E-state index contributed by atoms with van der Waals surface area (Å²) in [4.78, 5) is 21.5. The molecular formula is C21H23N4O2P. The second-order valence-electron chi connectivity index (χ2n) is 7.52. The molecule has 3 aliphatic rings. The van der Waals surface area contributed by atoms with Gasteiger partial charge in [-0.3, -0.25) is 4.79 Å². The first-order chi connectivity index (χ1) is 13.6. The van der Waals surface area contributed by atoms with E-state index in [-0.39, 0.29) is 11.7 Å². The average Bonchev–Trinajstić information content (AvgIpc) is 3.07. The number of nitrogens with one attached hydrogen (secondary N) is 1. The number of hydrogen-bond acceptors (Lipinski definition) is 5. The lowest BCUT2D eigenvalue weighted by atomic mass is 10.1. The lowest BCUT2D eigenvalue weighted by molar-refractivity contribution is -0.123. The van der Waals surface area contributed by atoms with Crippen molar-refractivity contribution in [2.45, 2.75) is 25.7 Å². The van der Waals surface area contributed by atoms with Gasteiger partial charge in [0, 0.05) is 44.9 Å². The van der Waals surface area contributed by atoms with E-state index in [9.17, 15) is 4.79 Å². The van der Waals surface area contributed by atoms with Crippen LogP contribution in [0.4, 0.5) is 0 Å². The number of amides is 1. The Bertz CT molecular complexity index is 1040. The zero-order chi connectivity index (χ0) is 19.3. The summed E-state index contributed by atoms with van der Waals surface area (Å²) in [7, 11) is 0.503. The number of rotatable bonds is 2. The summed E-state index contributed by atoms with van der Waals surface area (Å²) in [5.74, 6) is 0.788. The molecule has 0 saturated carbocycles. The van der Waals surface area contributed by atoms with Crippen LogP contribution < -0.4 is 5.32 Å². The van der Waals surface area contributed by atoms with Crippen LogP contribution in [0.2, 0.25) is 0 Å². The van der Waals surface area contributed by atoms with Crippen molar-refractivity contribution >= 4 is 30.9 Å². The highest BCUT2D eigenvalue weighted by molar-refractivity contribution is 7.51. The van der Waals surface area contributed by atoms with Crippen molar-refractivity contribution in [2.24, 2.45) is 0 Å². The maximum atomic E-state index is 12.9. The van der Waals surface area contributed by atoms with E-state index in [1.165, 1.54) is 0 Å². The van der Waals surface area contributed by atoms with Crippen LogP contribution in [0.5, 0.6) is 0 Å². The molecule has 0 bridgehead atoms. The number of allylic oxidation sites excluding steroid dienone is 1. The molecular weight excluding hydrogens is 371 g/mol. The molecule has 4 heterocycles. The Hall–Kier alpha value is -2.43. The first-order valence-electron chi connectivity index (χ1n) is 9.63. The number of aromatic nitrogens is 1. The van der Waals surface area contributed by atoms with Crippen molar-refractivity contribution in [3.63, 3.8) is 0 Å². The van der Waals surface area contributed by atoms with Crippen molar-refractivity contribution in [1.82, 2.24) is 20.1 Å². The third kappa shape index (κ3) is 3.17. The smallest absolute Gasteiger partial charge is 0.252 e. The molecule has 7 heteroatoms. The van der Waals surface area contributed by atoms with Gasteiger partial charge in [-0.15, -0.1) is 0 Å². The number of hydrogen-bond donors (Lipinski definition) is 1. The summed E-state index contributed by atoms with van der Waals surface area (Å²) in [5, 5.41) is 4.54. The van der Waals surface area contributed by atoms with Crippen molar-refractivity contribution in [2.75, 3.05) is 19.6 Å². The van der Waals surface area contributed by atoms with Gasteiger partial charge in [0.05, 0.1) is 11.5 Å². The van der Waals surface area contributed by atoms with Gasteiger partial charge in [-0.25, -0.2) is 4.98 Å². The van der Waals surface area contributed by atoms with E-state index in [4.69, 9.17) is 4.42 Å². The quantitative estimate of drug-likeness (QED) is 0.794. The van der Waals surface area contributed by atoms with E-state index in [0.717, 1.165) is 47.3 Å². The predicted octanol–water partition coefficient (Wildman–Crippen LogP) is 3.03. The number of fused-ring (bicyclic) bond motifs is 2. The van der Waals surface area contributed by atoms with Crippen LogP contribution in [0, 0.1) is 6.92 Å². The van der Waals surface area contributed by atoms with Crippen LogP contribution in [-0.2, 0) is 4.79 Å². The van der Waals surface area contributed by atoms with E-state index in [1.54, 1.807) is 6.08 Å². The minimum Gasteiger partial charge on any atom is -0.441 e. The Balaban J connectivity index is 1.41. The highest BCUT2D eigenvalue weighted by atomic mass is 31.1. The molecule has 1 amide bonds. The zero-order valence-corrected chi connectivity index (χ0v) is 17.0. The van der Waals surface area contributed by atoms with E-state index < -0.39 is 0 Å². The molecule has 6 nitrogen and oxygen atoms in total. The first-order valence-corrected chi connectivity index (χ1v) is 10.7. The molecule has 1 fully saturated rings. The molecule has 5 rings (SSSR count). The Morgan fingerprint density at radius 3 is 3.11 bits per heavy atom. The van der Waals surface area contributed by atoms with Gasteiger partial charge in [0.1, 0.15) is 5.52 Å². The van der Waals surface area contributed by atoms with Crippen LogP contribution in [-0.4, -0.2) is 52.2 Å². The molecule has 1 aromatic carbocycles. The fourth-order valence-electron chi connectivity index (χ4n) is 4.00. The van der Waals surface area contributed by atoms with Crippen LogP contribution in [0.25, 0.3) is 16.4 Å². The zero-order valence-electron chi connectivity index (χ0n) is 16.0. The van der Waals surface area contributed by atoms with E-state index in [1.807, 2.05) is 36.2 Å². The topological polar surface area (TPSA) is 61.6 Å². The SMILES string of the molecule is Cc1nc2cc(C3=CC(=O)N4C=C(N5CCN[C@@H](C)C5)C=CC4P3)ccc2o1. The maximum Gasteiger partial charge on any atom is 0.252 e. The second kappa shape index (κ2) is 6.87. The molecule has 1 saturated heterocycles. The number of piperazine rings is 1. The van der Waals surface area contributed by atoms with Crippen molar-refractivity contribution in [1.29, 1.82) is 0 Å². The third-order valence-corrected chi connectivity index (χ3v) is 6.90. The predicted molar refractivity (Wildman–Crippen MR) is 112 cm³/mol. The Morgan fingerprint density at radius 1 is 1.36 bits per heavy atom. The summed E-state index contributed by atoms with van der Waals surface area (Å²) >= 11 is 0. The first kappa shape index (κ1) is 17.7. The summed E-state index contributed by atoms with van der Waals surface area (Å²) in [6.45, 7) is 6.94. The lowest BCUT2D eigenvalue weighted by Gasteiger charge is -2.39. The molecule has 0 aliphatic carbocycles. The van der Waals surface area contributed by atoms with Crippen LogP contribution in [0.1, 0.15) is 18.4 Å². The molecule has 3 atom stereocenters. The molecule has 28 heavy (non-hydrogen) atoms. The van der Waals surface area contributed by atoms with E-state index >= 15 is 0 Å². The summed E-state index contributed by atoms with van der Waals surface area (Å²) in [6, 6.07) is 6.43. The minimum absolute atomic E-state index is 0.0419. The monoisotopic (exact) mass is 394 g/mol. The molecule has 0 radical (unpaired) electrons. The lowest BCUT2D eigenvalue weighted by Crippen LogP contribution is -2.49. The number of carbonyl (C=O) groups is 1. The van der Waals surface area contributed by atoms with Crippen molar-refractivity contribution < 1.29 is 9.21 Å². The van der Waals surface area contributed by atoms with Gasteiger partial charge in [-0.05, 0) is 36.0 Å². The number of nitrogens with zero attached hydrogens (tertiary/aromatic N) is 3. The van der Waals surface area contributed by atoms with Gasteiger partial charge < -0.3 is 19.5 Å². The molecule has 144 valence electrons. The molecule has 3 aliphatic heterocycles. The molecule has 2 aromatic rings. The van der Waals surface area contributed by atoms with Crippen LogP contribution in [0.15, 0.2) is 52.7 Å². The highest BCUT2D eigenvalue weighted by Crippen LogP contribution is 2.45. The van der Waals surface area contributed by atoms with E-state index in [0.29, 0.717) is 20.5 Å². The molecule has 1 aromatic heterocycles. The third-order valence-electron chi connectivity index (χ3n) is 5.39. The average molecular weight is 394 g/mol. The Morgan fingerprint density at radius 2 is 2.25 bits per heavy atom.